The van der Waals surface area contributed by atoms with Crippen LogP contribution in [0.1, 0.15) is 25.3 Å². The second kappa shape index (κ2) is 10.1. The molecule has 0 unspecified atom stereocenters. The quantitative estimate of drug-likeness (QED) is 0.173. The van der Waals surface area contributed by atoms with E-state index in [1.54, 1.807) is 0 Å². The third-order valence-corrected chi connectivity index (χ3v) is 8.76. The van der Waals surface area contributed by atoms with E-state index in [1.165, 1.54) is 5.56 Å². The van der Waals surface area contributed by atoms with Gasteiger partial charge in [0.2, 0.25) is 0 Å². The molecule has 5 heteroatoms. The molecule has 7 aromatic rings. The molecule has 0 atom stereocenters. The predicted molar refractivity (Wildman–Crippen MR) is 177 cm³/mol. The Morgan fingerprint density at radius 3 is 1.20 bits per heavy atom. The van der Waals surface area contributed by atoms with Crippen LogP contribution in [0.2, 0.25) is 0 Å². The predicted octanol–water partition coefficient (Wildman–Crippen LogP) is 9.67. The van der Waals surface area contributed by atoms with Gasteiger partial charge in [-0.15, -0.1) is 22.1 Å². The molecule has 2 aliphatic rings. The summed E-state index contributed by atoms with van der Waals surface area (Å²) in [5, 5.41) is 4.42. The zero-order valence-corrected chi connectivity index (χ0v) is 27.5. The Balaban J connectivity index is 0.00000289. The summed E-state index contributed by atoms with van der Waals surface area (Å²) in [4.78, 5) is 20.8. The minimum absolute atomic E-state index is 0. The molecule has 8 bridgehead atoms. The molecule has 2 aliphatic heterocycles. The van der Waals surface area contributed by atoms with E-state index in [1.807, 2.05) is 0 Å². The summed E-state index contributed by atoms with van der Waals surface area (Å²) >= 11 is 0. The number of rotatable bonds is 1. The van der Waals surface area contributed by atoms with Crippen LogP contribution in [-0.4, -0.2) is 9.97 Å². The average molecular weight is 616 g/mol. The molecule has 44 heavy (non-hydrogen) atoms. The third kappa shape index (κ3) is 4.07. The summed E-state index contributed by atoms with van der Waals surface area (Å²) in [5.74, 6) is 0.413. The van der Waals surface area contributed by atoms with E-state index < -0.39 is 0 Å². The van der Waals surface area contributed by atoms with Crippen LogP contribution >= 0.6 is 0 Å². The van der Waals surface area contributed by atoms with Gasteiger partial charge in [0.25, 0.3) is 0 Å². The van der Waals surface area contributed by atoms with Gasteiger partial charge in [-0.1, -0.05) is 98.8 Å². The summed E-state index contributed by atoms with van der Waals surface area (Å²) in [7, 11) is 0. The second-order valence-electron chi connectivity index (χ2n) is 11.7. The van der Waals surface area contributed by atoms with Gasteiger partial charge in [-0.2, -0.15) is 0 Å². The van der Waals surface area contributed by atoms with Gasteiger partial charge in [-0.05, 0) is 63.4 Å². The van der Waals surface area contributed by atoms with Crippen LogP contribution in [0.25, 0.3) is 88.6 Å². The molecule has 0 N–H and O–H groups in total. The van der Waals surface area contributed by atoms with Gasteiger partial charge >= 0.3 is 19.5 Å². The van der Waals surface area contributed by atoms with Crippen molar-refractivity contribution in [3.05, 3.63) is 121 Å². The Morgan fingerprint density at radius 2 is 0.795 bits per heavy atom. The van der Waals surface area contributed by atoms with E-state index in [-0.39, 0.29) is 19.5 Å². The van der Waals surface area contributed by atoms with Gasteiger partial charge < -0.3 is 9.97 Å². The van der Waals surface area contributed by atoms with Crippen molar-refractivity contribution in [3.8, 4) is 45.0 Å². The number of fused-ring (bicyclic) bond motifs is 20. The molecule has 0 saturated carbocycles. The fourth-order valence-electron chi connectivity index (χ4n) is 6.54. The molecule has 4 nitrogen and oxygen atoms in total. The topological polar surface area (TPSA) is 54.0 Å². The van der Waals surface area contributed by atoms with Crippen LogP contribution in [0.3, 0.4) is 0 Å². The molecule has 0 fully saturated rings. The third-order valence-electron chi connectivity index (χ3n) is 8.76. The van der Waals surface area contributed by atoms with Crippen molar-refractivity contribution in [2.24, 2.45) is 0 Å². The fraction of sp³-hybridized carbons (Fsp3) is 0.0769. The van der Waals surface area contributed by atoms with Gasteiger partial charge in [0.1, 0.15) is 0 Å². The van der Waals surface area contributed by atoms with E-state index in [9.17, 15) is 0 Å². The van der Waals surface area contributed by atoms with Gasteiger partial charge in [0.05, 0.1) is 22.8 Å². The summed E-state index contributed by atoms with van der Waals surface area (Å²) in [6.45, 7) is 4.46. The first-order chi connectivity index (χ1) is 21.1. The SMILES string of the molecule is CC(C)c1ccc2c(c1)-c1cc3[n-]c(cc4nc(cc5[n-]c(cc-2n1)c1ccccc51)-c1ccccc1-4)c1ccccc31.[Zn+2]. The smallest absolute Gasteiger partial charge is 0.657 e. The van der Waals surface area contributed by atoms with Crippen molar-refractivity contribution < 1.29 is 19.5 Å². The van der Waals surface area contributed by atoms with Crippen LogP contribution in [0, 0.1) is 0 Å². The number of benzene rings is 4. The van der Waals surface area contributed by atoms with Crippen molar-refractivity contribution >= 4 is 43.6 Å². The Hall–Kier alpha value is -4.86. The van der Waals surface area contributed by atoms with Crippen LogP contribution in [0.5, 0.6) is 0 Å². The van der Waals surface area contributed by atoms with E-state index in [0.29, 0.717) is 5.92 Å². The summed E-state index contributed by atoms with van der Waals surface area (Å²) < 4.78 is 0. The molecule has 3 aromatic heterocycles. The molecule has 5 heterocycles. The zero-order chi connectivity index (χ0) is 28.7. The maximum absolute atomic E-state index is 5.23. The van der Waals surface area contributed by atoms with Crippen molar-refractivity contribution in [1.82, 2.24) is 19.9 Å². The first kappa shape index (κ1) is 26.7. The number of nitrogens with zero attached hydrogens (tertiary/aromatic N) is 4. The van der Waals surface area contributed by atoms with E-state index >= 15 is 0 Å². The Bertz CT molecular complexity index is 2440. The normalized spacial score (nSPS) is 11.9. The second-order valence-corrected chi connectivity index (χ2v) is 11.7. The van der Waals surface area contributed by atoms with Crippen molar-refractivity contribution in [3.63, 3.8) is 0 Å². The van der Waals surface area contributed by atoms with Crippen LogP contribution in [0.4, 0.5) is 0 Å². The molecule has 0 amide bonds. The van der Waals surface area contributed by atoms with Gasteiger partial charge in [-0.3, -0.25) is 0 Å². The standard InChI is InChI=1S/C39H26N4.Zn/c1-22(2)23-15-16-30-31(17-23)39-21-37-29-14-8-7-13-28(29)35(42-37)19-33-25-10-4-3-9-24(25)32(40-33)18-34-26-11-5-6-12-27(26)36(41-34)20-38(30)43-39;/h3-22H,1-2H3;/q-2;+2. The minimum atomic E-state index is 0. The first-order valence-electron chi connectivity index (χ1n) is 14.8. The summed E-state index contributed by atoms with van der Waals surface area (Å²) in [6, 6.07) is 40.6. The van der Waals surface area contributed by atoms with Crippen molar-refractivity contribution in [2.45, 2.75) is 19.8 Å². The number of aromatic nitrogens is 4. The van der Waals surface area contributed by atoms with Crippen LogP contribution in [0.15, 0.2) is 115 Å². The van der Waals surface area contributed by atoms with Crippen LogP contribution < -0.4 is 9.97 Å². The number of hydrogen-bond acceptors (Lipinski definition) is 2. The van der Waals surface area contributed by atoms with Gasteiger partial charge in [0.15, 0.2) is 0 Å². The van der Waals surface area contributed by atoms with E-state index in [4.69, 9.17) is 19.9 Å². The minimum Gasteiger partial charge on any atom is -0.657 e. The monoisotopic (exact) mass is 614 g/mol. The molecule has 0 aliphatic carbocycles. The molecule has 204 valence electrons. The fourth-order valence-corrected chi connectivity index (χ4v) is 6.54. The molecular formula is C39H26N4Zn. The molecule has 0 saturated heterocycles. The Morgan fingerprint density at radius 1 is 0.432 bits per heavy atom. The molecule has 4 aromatic carbocycles. The maximum atomic E-state index is 5.23. The van der Waals surface area contributed by atoms with Gasteiger partial charge in [0, 0.05) is 22.3 Å². The summed E-state index contributed by atoms with van der Waals surface area (Å²) in [6.07, 6.45) is 0. The summed E-state index contributed by atoms with van der Waals surface area (Å²) in [5.41, 5.74) is 13.1. The molecule has 0 spiro atoms. The zero-order valence-electron chi connectivity index (χ0n) is 24.5. The van der Waals surface area contributed by atoms with Crippen LogP contribution in [-0.2, 0) is 19.5 Å². The largest absolute Gasteiger partial charge is 2.00 e. The van der Waals surface area contributed by atoms with E-state index in [0.717, 1.165) is 88.6 Å². The first-order valence-corrected chi connectivity index (χ1v) is 14.8. The molecule has 0 radical (unpaired) electrons. The Kier molecular flexibility index (Phi) is 6.15. The maximum Gasteiger partial charge on any atom is 2.00 e. The molecule has 9 rings (SSSR count). The average Bonchev–Trinajstić information content (AvgIpc) is 3.76. The van der Waals surface area contributed by atoms with Crippen molar-refractivity contribution in [2.75, 3.05) is 0 Å². The van der Waals surface area contributed by atoms with E-state index in [2.05, 4.69) is 129 Å². The molecular weight excluding hydrogens is 590 g/mol. The van der Waals surface area contributed by atoms with Crippen molar-refractivity contribution in [1.29, 1.82) is 0 Å². The Labute approximate surface area is 267 Å². The number of hydrogen-bond donors (Lipinski definition) is 0. The van der Waals surface area contributed by atoms with Gasteiger partial charge in [-0.25, -0.2) is 9.97 Å².